The summed E-state index contributed by atoms with van der Waals surface area (Å²) in [6.07, 6.45) is 4.23. The van der Waals surface area contributed by atoms with E-state index in [9.17, 15) is 9.59 Å². The molecule has 0 radical (unpaired) electrons. The van der Waals surface area contributed by atoms with Crippen LogP contribution in [0.1, 0.15) is 61.1 Å². The fourth-order valence-corrected chi connectivity index (χ4v) is 3.41. The Hall–Kier alpha value is -1.63. The first kappa shape index (κ1) is 15.8. The van der Waals surface area contributed by atoms with E-state index < -0.39 is 5.97 Å². The average Bonchev–Trinajstić information content (AvgIpc) is 2.97. The Kier molecular flexibility index (Phi) is 5.17. The standard InChI is InChI=1S/C14H21N3O3S/c1-3-10-6-4-5-7-17(10)14(20)15-9(2)12-16-11(8-21-12)13(18)19/h8-10H,3-7H2,1-2H3,(H,15,20)(H,18,19). The third kappa shape index (κ3) is 3.72. The number of rotatable bonds is 4. The molecule has 0 saturated carbocycles. The van der Waals surface area contributed by atoms with Crippen molar-refractivity contribution < 1.29 is 14.7 Å². The number of carboxylic acid groups (broad SMARTS) is 1. The molecule has 0 aliphatic carbocycles. The third-order valence-corrected chi connectivity index (χ3v) is 4.84. The molecule has 2 rings (SSSR count). The molecule has 1 aromatic rings. The van der Waals surface area contributed by atoms with Gasteiger partial charge in [-0.2, -0.15) is 0 Å². The van der Waals surface area contributed by atoms with Crippen molar-refractivity contribution in [3.8, 4) is 0 Å². The van der Waals surface area contributed by atoms with Gasteiger partial charge in [0.25, 0.3) is 0 Å². The van der Waals surface area contributed by atoms with E-state index in [1.165, 1.54) is 23.1 Å². The Morgan fingerprint density at radius 1 is 1.57 bits per heavy atom. The van der Waals surface area contributed by atoms with Crippen LogP contribution >= 0.6 is 11.3 Å². The number of piperidine rings is 1. The lowest BCUT2D eigenvalue weighted by atomic mass is 10.0. The van der Waals surface area contributed by atoms with Crippen molar-refractivity contribution in [2.75, 3.05) is 6.54 Å². The number of amides is 2. The van der Waals surface area contributed by atoms with Gasteiger partial charge in [0.05, 0.1) is 6.04 Å². The number of hydrogen-bond donors (Lipinski definition) is 2. The topological polar surface area (TPSA) is 82.5 Å². The van der Waals surface area contributed by atoms with Gasteiger partial charge in [0.2, 0.25) is 0 Å². The van der Waals surface area contributed by atoms with Crippen LogP contribution in [-0.2, 0) is 0 Å². The predicted molar refractivity (Wildman–Crippen MR) is 80.7 cm³/mol. The van der Waals surface area contributed by atoms with Crippen LogP contribution in [0.4, 0.5) is 4.79 Å². The smallest absolute Gasteiger partial charge is 0.355 e. The molecule has 2 heterocycles. The number of urea groups is 1. The maximum atomic E-state index is 12.4. The molecular formula is C14H21N3O3S. The maximum absolute atomic E-state index is 12.4. The maximum Gasteiger partial charge on any atom is 0.355 e. The molecule has 116 valence electrons. The molecule has 2 atom stereocenters. The van der Waals surface area contributed by atoms with Gasteiger partial charge in [0, 0.05) is 18.0 Å². The first-order chi connectivity index (χ1) is 10.0. The first-order valence-corrected chi connectivity index (χ1v) is 8.16. The summed E-state index contributed by atoms with van der Waals surface area (Å²) in [7, 11) is 0. The molecule has 2 amide bonds. The van der Waals surface area contributed by atoms with Crippen molar-refractivity contribution in [1.82, 2.24) is 15.2 Å². The molecule has 1 fully saturated rings. The van der Waals surface area contributed by atoms with Gasteiger partial charge in [-0.15, -0.1) is 11.3 Å². The van der Waals surface area contributed by atoms with Gasteiger partial charge >= 0.3 is 12.0 Å². The molecule has 7 heteroatoms. The number of carboxylic acids is 1. The quantitative estimate of drug-likeness (QED) is 0.895. The number of aromatic nitrogens is 1. The van der Waals surface area contributed by atoms with Crippen molar-refractivity contribution >= 4 is 23.3 Å². The summed E-state index contributed by atoms with van der Waals surface area (Å²) in [5.74, 6) is -1.04. The molecular weight excluding hydrogens is 290 g/mol. The average molecular weight is 311 g/mol. The molecule has 2 N–H and O–H groups in total. The van der Waals surface area contributed by atoms with Crippen molar-refractivity contribution in [1.29, 1.82) is 0 Å². The minimum Gasteiger partial charge on any atom is -0.476 e. The highest BCUT2D eigenvalue weighted by Gasteiger charge is 2.26. The van der Waals surface area contributed by atoms with Gasteiger partial charge in [-0.25, -0.2) is 14.6 Å². The van der Waals surface area contributed by atoms with Crippen molar-refractivity contribution in [3.05, 3.63) is 16.1 Å². The van der Waals surface area contributed by atoms with Crippen LogP contribution in [0.2, 0.25) is 0 Å². The second-order valence-electron chi connectivity index (χ2n) is 5.30. The summed E-state index contributed by atoms with van der Waals surface area (Å²) in [4.78, 5) is 29.1. The monoisotopic (exact) mass is 311 g/mol. The van der Waals surface area contributed by atoms with E-state index in [1.807, 2.05) is 11.8 Å². The Morgan fingerprint density at radius 2 is 2.33 bits per heavy atom. The normalized spacial score (nSPS) is 20.1. The zero-order chi connectivity index (χ0) is 15.4. The zero-order valence-corrected chi connectivity index (χ0v) is 13.2. The summed E-state index contributed by atoms with van der Waals surface area (Å²) >= 11 is 1.26. The third-order valence-electron chi connectivity index (χ3n) is 3.81. The zero-order valence-electron chi connectivity index (χ0n) is 12.3. The molecule has 1 saturated heterocycles. The first-order valence-electron chi connectivity index (χ1n) is 7.28. The summed E-state index contributed by atoms with van der Waals surface area (Å²) < 4.78 is 0. The van der Waals surface area contributed by atoms with Crippen LogP contribution in [0.15, 0.2) is 5.38 Å². The number of carbonyl (C=O) groups excluding carboxylic acids is 1. The van der Waals surface area contributed by atoms with Gasteiger partial charge in [0.1, 0.15) is 5.01 Å². The van der Waals surface area contributed by atoms with E-state index in [0.717, 1.165) is 25.8 Å². The molecule has 6 nitrogen and oxygen atoms in total. The minimum absolute atomic E-state index is 0.0282. The largest absolute Gasteiger partial charge is 0.476 e. The van der Waals surface area contributed by atoms with E-state index >= 15 is 0 Å². The predicted octanol–water partition coefficient (Wildman–Crippen LogP) is 2.88. The lowest BCUT2D eigenvalue weighted by molar-refractivity contribution is 0.0691. The highest BCUT2D eigenvalue weighted by Crippen LogP contribution is 2.22. The molecule has 2 unspecified atom stereocenters. The van der Waals surface area contributed by atoms with Crippen LogP contribution in [0.25, 0.3) is 0 Å². The van der Waals surface area contributed by atoms with Gasteiger partial charge in [-0.05, 0) is 32.6 Å². The van der Waals surface area contributed by atoms with E-state index in [1.54, 1.807) is 0 Å². The summed E-state index contributed by atoms with van der Waals surface area (Å²) in [6.45, 7) is 4.71. The molecule has 0 spiro atoms. The van der Waals surface area contributed by atoms with E-state index in [2.05, 4.69) is 17.2 Å². The Bertz CT molecular complexity index is 517. The molecule has 1 aliphatic heterocycles. The van der Waals surface area contributed by atoms with Crippen LogP contribution in [0, 0.1) is 0 Å². The molecule has 21 heavy (non-hydrogen) atoms. The molecule has 0 aromatic carbocycles. The van der Waals surface area contributed by atoms with Crippen molar-refractivity contribution in [3.63, 3.8) is 0 Å². The van der Waals surface area contributed by atoms with Crippen LogP contribution in [0.5, 0.6) is 0 Å². The second kappa shape index (κ2) is 6.89. The van der Waals surface area contributed by atoms with Gasteiger partial charge < -0.3 is 15.3 Å². The van der Waals surface area contributed by atoms with E-state index in [-0.39, 0.29) is 17.8 Å². The Balaban J connectivity index is 1.98. The van der Waals surface area contributed by atoms with E-state index in [0.29, 0.717) is 11.0 Å². The number of carbonyl (C=O) groups is 2. The van der Waals surface area contributed by atoms with Crippen molar-refractivity contribution in [2.24, 2.45) is 0 Å². The number of likely N-dealkylation sites (tertiary alicyclic amines) is 1. The Morgan fingerprint density at radius 3 is 2.95 bits per heavy atom. The fourth-order valence-electron chi connectivity index (χ4n) is 2.61. The number of aromatic carboxylic acids is 1. The molecule has 1 aliphatic rings. The van der Waals surface area contributed by atoms with Crippen LogP contribution in [0.3, 0.4) is 0 Å². The number of hydrogen-bond acceptors (Lipinski definition) is 4. The van der Waals surface area contributed by atoms with Crippen LogP contribution in [-0.4, -0.2) is 39.6 Å². The SMILES string of the molecule is CCC1CCCCN1C(=O)NC(C)c1nc(C(=O)O)cs1. The Labute approximate surface area is 128 Å². The summed E-state index contributed by atoms with van der Waals surface area (Å²) in [5.41, 5.74) is 0.0282. The lowest BCUT2D eigenvalue weighted by Crippen LogP contribution is -2.48. The lowest BCUT2D eigenvalue weighted by Gasteiger charge is -2.35. The number of nitrogens with zero attached hydrogens (tertiary/aromatic N) is 2. The molecule has 1 aromatic heterocycles. The minimum atomic E-state index is -1.04. The van der Waals surface area contributed by atoms with Gasteiger partial charge in [0.15, 0.2) is 5.69 Å². The summed E-state index contributed by atoms with van der Waals surface area (Å²) in [5, 5.41) is 13.9. The summed E-state index contributed by atoms with van der Waals surface area (Å²) in [6, 6.07) is -0.0621. The second-order valence-corrected chi connectivity index (χ2v) is 6.19. The number of thiazole rings is 1. The van der Waals surface area contributed by atoms with E-state index in [4.69, 9.17) is 5.11 Å². The number of nitrogens with one attached hydrogen (secondary N) is 1. The van der Waals surface area contributed by atoms with Gasteiger partial charge in [-0.1, -0.05) is 6.92 Å². The van der Waals surface area contributed by atoms with Gasteiger partial charge in [-0.3, -0.25) is 0 Å². The highest BCUT2D eigenvalue weighted by molar-refractivity contribution is 7.09. The molecule has 0 bridgehead atoms. The highest BCUT2D eigenvalue weighted by atomic mass is 32.1. The van der Waals surface area contributed by atoms with Crippen molar-refractivity contribution in [2.45, 2.75) is 51.6 Å². The fraction of sp³-hybridized carbons (Fsp3) is 0.643. The van der Waals surface area contributed by atoms with Crippen LogP contribution < -0.4 is 5.32 Å².